The van der Waals surface area contributed by atoms with Crippen molar-refractivity contribution in [3.63, 3.8) is 0 Å². The molecule has 1 aliphatic heterocycles. The summed E-state index contributed by atoms with van der Waals surface area (Å²) < 4.78 is 4.99. The predicted octanol–water partition coefficient (Wildman–Crippen LogP) is 1.24. The number of likely N-dealkylation sites (tertiary alicyclic amines) is 1. The molecule has 0 spiro atoms. The fourth-order valence-electron chi connectivity index (χ4n) is 1.86. The molecule has 0 aromatic heterocycles. The third-order valence-corrected chi connectivity index (χ3v) is 2.96. The second-order valence-electron chi connectivity index (χ2n) is 6.17. The van der Waals surface area contributed by atoms with Crippen molar-refractivity contribution in [3.8, 4) is 0 Å². The van der Waals surface area contributed by atoms with Gasteiger partial charge in [0.15, 0.2) is 0 Å². The van der Waals surface area contributed by atoms with Crippen LogP contribution in [0.2, 0.25) is 0 Å². The number of nitrogens with two attached hydrogens (primary N) is 1. The first-order valence-electron chi connectivity index (χ1n) is 7.84. The van der Waals surface area contributed by atoms with Crippen LogP contribution >= 0.6 is 0 Å². The van der Waals surface area contributed by atoms with E-state index in [1.165, 1.54) is 6.08 Å². The third kappa shape index (κ3) is 10.3. The average molecular weight is 326 g/mol. The first kappa shape index (κ1) is 20.9. The van der Waals surface area contributed by atoms with Crippen LogP contribution < -0.4 is 11.1 Å². The number of hydrogen-bond acceptors (Lipinski definition) is 5. The second-order valence-corrected chi connectivity index (χ2v) is 6.17. The summed E-state index contributed by atoms with van der Waals surface area (Å²) in [5.41, 5.74) is 5.90. The summed E-state index contributed by atoms with van der Waals surface area (Å²) in [5, 5.41) is 10.1. The molecule has 1 aliphatic rings. The molecule has 0 aromatic carbocycles. The molecule has 23 heavy (non-hydrogen) atoms. The quantitative estimate of drug-likeness (QED) is 0.401. The van der Waals surface area contributed by atoms with Crippen molar-refractivity contribution in [2.24, 2.45) is 11.7 Å². The van der Waals surface area contributed by atoms with Crippen LogP contribution in [0.1, 0.15) is 41.0 Å². The maximum Gasteiger partial charge on any atom is 0.222 e. The van der Waals surface area contributed by atoms with Crippen molar-refractivity contribution in [2.45, 2.75) is 53.2 Å². The molecule has 1 heterocycles. The fraction of sp³-hybridized carbons (Fsp3) is 0.688. The van der Waals surface area contributed by atoms with Crippen LogP contribution in [-0.4, -0.2) is 48.4 Å². The van der Waals surface area contributed by atoms with Crippen LogP contribution in [-0.2, 0) is 14.3 Å². The van der Waals surface area contributed by atoms with E-state index in [0.717, 1.165) is 19.4 Å². The normalized spacial score (nSPS) is 17.6. The van der Waals surface area contributed by atoms with Crippen molar-refractivity contribution in [1.29, 1.82) is 5.41 Å². The molecule has 1 unspecified atom stereocenters. The van der Waals surface area contributed by atoms with E-state index >= 15 is 0 Å². The molecule has 1 saturated heterocycles. The number of nitrogens with one attached hydrogen (secondary N) is 2. The van der Waals surface area contributed by atoms with Crippen molar-refractivity contribution in [3.05, 3.63) is 11.8 Å². The Kier molecular flexibility index (Phi) is 9.69. The number of ether oxygens (including phenoxy) is 1. The molecule has 7 nitrogen and oxygen atoms in total. The Morgan fingerprint density at radius 3 is 2.39 bits per heavy atom. The lowest BCUT2D eigenvalue weighted by atomic mass is 10.2. The van der Waals surface area contributed by atoms with Gasteiger partial charge in [0, 0.05) is 36.8 Å². The fourth-order valence-corrected chi connectivity index (χ4v) is 1.86. The zero-order valence-electron chi connectivity index (χ0n) is 14.8. The molecular formula is C16H30N4O3. The number of hydrogen-bond donors (Lipinski definition) is 3. The van der Waals surface area contributed by atoms with Gasteiger partial charge >= 0.3 is 0 Å². The number of carbonyl (C=O) groups is 2. The molecule has 0 aliphatic carbocycles. The maximum absolute atomic E-state index is 11.3. The highest BCUT2D eigenvalue weighted by molar-refractivity contribution is 5.85. The predicted molar refractivity (Wildman–Crippen MR) is 90.9 cm³/mol. The van der Waals surface area contributed by atoms with Crippen molar-refractivity contribution < 1.29 is 14.3 Å². The van der Waals surface area contributed by atoms with E-state index in [0.29, 0.717) is 12.2 Å². The Morgan fingerprint density at radius 2 is 2.00 bits per heavy atom. The molecule has 0 saturated carbocycles. The Bertz CT molecular complexity index is 429. The summed E-state index contributed by atoms with van der Waals surface area (Å²) >= 11 is 0. The Morgan fingerprint density at radius 1 is 1.39 bits per heavy atom. The third-order valence-electron chi connectivity index (χ3n) is 2.96. The number of nitrogens with zero attached hydrogens (tertiary/aromatic N) is 1. The summed E-state index contributed by atoms with van der Waals surface area (Å²) in [6.07, 6.45) is 3.24. The van der Waals surface area contributed by atoms with Crippen LogP contribution in [0.15, 0.2) is 11.8 Å². The lowest BCUT2D eigenvalue weighted by Gasteiger charge is -2.14. The van der Waals surface area contributed by atoms with Crippen molar-refractivity contribution in [1.82, 2.24) is 10.2 Å². The molecule has 0 radical (unpaired) electrons. The van der Waals surface area contributed by atoms with E-state index in [1.807, 2.05) is 27.7 Å². The minimum absolute atomic E-state index is 0.0188. The number of rotatable bonds is 5. The second kappa shape index (κ2) is 10.6. The number of carbonyl (C=O) groups excluding carboxylic acids is 2. The summed E-state index contributed by atoms with van der Waals surface area (Å²) in [4.78, 5) is 23.3. The zero-order valence-corrected chi connectivity index (χ0v) is 14.8. The summed E-state index contributed by atoms with van der Waals surface area (Å²) in [5.74, 6) is 0.207. The van der Waals surface area contributed by atoms with Gasteiger partial charge in [-0.3, -0.25) is 15.0 Å². The molecular weight excluding hydrogens is 296 g/mol. The van der Waals surface area contributed by atoms with Crippen LogP contribution in [0.3, 0.4) is 0 Å². The van der Waals surface area contributed by atoms with Gasteiger partial charge in [0.1, 0.15) is 0 Å². The van der Waals surface area contributed by atoms with Crippen LogP contribution in [0.25, 0.3) is 0 Å². The molecule has 1 atom stereocenters. The molecule has 1 rings (SSSR count). The van der Waals surface area contributed by atoms with Gasteiger partial charge in [-0.15, -0.1) is 0 Å². The van der Waals surface area contributed by atoms with Gasteiger partial charge in [-0.1, -0.05) is 13.8 Å². The molecule has 2 amide bonds. The molecule has 1 fully saturated rings. The largest absolute Gasteiger partial charge is 0.475 e. The van der Waals surface area contributed by atoms with Crippen molar-refractivity contribution in [2.75, 3.05) is 13.1 Å². The molecule has 4 N–H and O–H groups in total. The average Bonchev–Trinajstić information content (AvgIpc) is 2.85. The van der Waals surface area contributed by atoms with E-state index in [4.69, 9.17) is 15.9 Å². The molecule has 132 valence electrons. The van der Waals surface area contributed by atoms with E-state index < -0.39 is 0 Å². The van der Waals surface area contributed by atoms with Gasteiger partial charge in [-0.2, -0.15) is 0 Å². The van der Waals surface area contributed by atoms with Gasteiger partial charge in [-0.25, -0.2) is 0 Å². The maximum atomic E-state index is 11.3. The summed E-state index contributed by atoms with van der Waals surface area (Å²) in [6.45, 7) is 10.6. The number of allylic oxidation sites excluding steroid dienone is 1. The standard InChI is InChI=1S/C9H16N2O2.C7H14N2O/c1-7(2)9(13)10-8-3-4-11(5-8)6-12;1-5(2)10-7(9)4-6(3)8/h6-8H,3-5H2,1-2H3,(H,10,13);4-5,9H,8H2,1-3H3/b;6-4-,9-7?. The van der Waals surface area contributed by atoms with Gasteiger partial charge in [-0.05, 0) is 27.2 Å². The SMILES string of the molecule is C/C(N)=C/C(=N)OC(C)C.CC(C)C(=O)NC1CCN(C=O)C1. The summed E-state index contributed by atoms with van der Waals surface area (Å²) in [6, 6.07) is 0.153. The van der Waals surface area contributed by atoms with Gasteiger partial charge < -0.3 is 20.7 Å². The lowest BCUT2D eigenvalue weighted by molar-refractivity contribution is -0.125. The van der Waals surface area contributed by atoms with E-state index in [-0.39, 0.29) is 29.9 Å². The minimum atomic E-state index is 0.0188. The molecule has 0 bridgehead atoms. The Hall–Kier alpha value is -2.05. The highest BCUT2D eigenvalue weighted by Gasteiger charge is 2.23. The first-order valence-corrected chi connectivity index (χ1v) is 7.84. The smallest absolute Gasteiger partial charge is 0.222 e. The Labute approximate surface area is 138 Å². The van der Waals surface area contributed by atoms with Gasteiger partial charge in [0.05, 0.1) is 6.10 Å². The number of amides is 2. The molecule has 0 aromatic rings. The van der Waals surface area contributed by atoms with E-state index in [1.54, 1.807) is 11.8 Å². The van der Waals surface area contributed by atoms with Crippen molar-refractivity contribution >= 4 is 18.2 Å². The summed E-state index contributed by atoms with van der Waals surface area (Å²) in [7, 11) is 0. The molecule has 7 heteroatoms. The lowest BCUT2D eigenvalue weighted by Crippen LogP contribution is -2.39. The highest BCUT2D eigenvalue weighted by Crippen LogP contribution is 2.07. The van der Waals surface area contributed by atoms with Crippen LogP contribution in [0, 0.1) is 11.3 Å². The first-order chi connectivity index (χ1) is 10.6. The highest BCUT2D eigenvalue weighted by atomic mass is 16.5. The van der Waals surface area contributed by atoms with Gasteiger partial charge in [0.25, 0.3) is 0 Å². The monoisotopic (exact) mass is 326 g/mol. The van der Waals surface area contributed by atoms with E-state index in [2.05, 4.69) is 5.32 Å². The zero-order chi connectivity index (χ0) is 18.0. The van der Waals surface area contributed by atoms with Crippen LogP contribution in [0.4, 0.5) is 0 Å². The van der Waals surface area contributed by atoms with Crippen LogP contribution in [0.5, 0.6) is 0 Å². The minimum Gasteiger partial charge on any atom is -0.475 e. The topological polar surface area (TPSA) is 109 Å². The van der Waals surface area contributed by atoms with Gasteiger partial charge in [0.2, 0.25) is 18.2 Å². The van der Waals surface area contributed by atoms with E-state index in [9.17, 15) is 9.59 Å². The Balaban J connectivity index is 0.000000438.